The summed E-state index contributed by atoms with van der Waals surface area (Å²) in [6.45, 7) is 0. The largest absolute Gasteiger partial charge is 0.493 e. The molecule has 0 spiro atoms. The zero-order chi connectivity index (χ0) is 14.2. The third kappa shape index (κ3) is 2.27. The van der Waals surface area contributed by atoms with Crippen molar-refractivity contribution in [3.63, 3.8) is 0 Å². The quantitative estimate of drug-likeness (QED) is 0.428. The molecule has 0 aliphatic carbocycles. The van der Waals surface area contributed by atoms with Crippen molar-refractivity contribution >= 4 is 17.6 Å². The monoisotopic (exact) mass is 270 g/mol. The summed E-state index contributed by atoms with van der Waals surface area (Å²) in [7, 11) is 1.21. The molecule has 8 heteroatoms. The van der Waals surface area contributed by atoms with E-state index in [1.54, 1.807) is 0 Å². The lowest BCUT2D eigenvalue weighted by Crippen LogP contribution is -2.39. The average Bonchev–Trinajstić information content (AvgIpc) is 2.91. The number of aromatic amines is 1. The van der Waals surface area contributed by atoms with Crippen LogP contribution in [0.15, 0.2) is 6.07 Å². The topological polar surface area (TPSA) is 123 Å². The minimum Gasteiger partial charge on any atom is -0.493 e. The highest BCUT2D eigenvalue weighted by molar-refractivity contribution is 6.03. The summed E-state index contributed by atoms with van der Waals surface area (Å²) in [6.07, 6.45) is -1.37. The summed E-state index contributed by atoms with van der Waals surface area (Å²) in [4.78, 5) is 26.8. The van der Waals surface area contributed by atoms with Crippen LogP contribution >= 0.6 is 0 Å². The fourth-order valence-electron chi connectivity index (χ4n) is 2.12. The number of amides is 1. The number of aliphatic hydroxyl groups is 2. The molecule has 0 bridgehead atoms. The van der Waals surface area contributed by atoms with Crippen LogP contribution in [0.5, 0.6) is 5.88 Å². The van der Waals surface area contributed by atoms with Gasteiger partial charge in [0.15, 0.2) is 6.29 Å². The zero-order valence-corrected chi connectivity index (χ0v) is 10.2. The van der Waals surface area contributed by atoms with Crippen molar-refractivity contribution in [2.24, 2.45) is 0 Å². The number of carbonyl (C=O) groups is 2. The molecule has 1 aliphatic rings. The van der Waals surface area contributed by atoms with Gasteiger partial charge in [0.05, 0.1) is 12.8 Å². The van der Waals surface area contributed by atoms with Gasteiger partial charge in [-0.15, -0.1) is 0 Å². The predicted molar refractivity (Wildman–Crippen MR) is 62.2 cm³/mol. The molecule has 1 saturated heterocycles. The first-order valence-electron chi connectivity index (χ1n) is 5.63. The molecule has 2 heterocycles. The summed E-state index contributed by atoms with van der Waals surface area (Å²) < 4.78 is 4.60. The molecule has 1 fully saturated rings. The molecule has 4 N–H and O–H groups in total. The van der Waals surface area contributed by atoms with Crippen LogP contribution in [0.25, 0.3) is 0 Å². The standard InChI is InChI=1S/C11H14N2O6/c1-19-11(18)6-2-3-8(14)13(6)7-4-5(10(16)17)12-9(7)15/h4,6,10,12,15-17H,2-3H2,1H3. The van der Waals surface area contributed by atoms with Crippen LogP contribution in [0.1, 0.15) is 24.8 Å². The van der Waals surface area contributed by atoms with E-state index in [1.165, 1.54) is 13.2 Å². The number of hydrogen-bond acceptors (Lipinski definition) is 6. The van der Waals surface area contributed by atoms with Crippen molar-refractivity contribution in [2.75, 3.05) is 12.0 Å². The lowest BCUT2D eigenvalue weighted by Gasteiger charge is -2.21. The number of H-pyrrole nitrogens is 1. The predicted octanol–water partition coefficient (Wildman–Crippen LogP) is -0.628. The maximum Gasteiger partial charge on any atom is 0.328 e. The number of anilines is 1. The number of aromatic hydroxyl groups is 1. The molecule has 8 nitrogen and oxygen atoms in total. The summed E-state index contributed by atoms with van der Waals surface area (Å²) in [6, 6.07) is 0.391. The zero-order valence-electron chi connectivity index (χ0n) is 10.2. The number of esters is 1. The van der Waals surface area contributed by atoms with Crippen LogP contribution in [0, 0.1) is 0 Å². The highest BCUT2D eigenvalue weighted by Crippen LogP contribution is 2.35. The summed E-state index contributed by atoms with van der Waals surface area (Å²) in [5.74, 6) is -1.34. The first kappa shape index (κ1) is 13.4. The molecule has 104 valence electrons. The number of aliphatic hydroxyl groups excluding tert-OH is 1. The highest BCUT2D eigenvalue weighted by Gasteiger charge is 2.39. The molecule has 1 unspecified atom stereocenters. The Morgan fingerprint density at radius 1 is 1.58 bits per heavy atom. The second-order valence-electron chi connectivity index (χ2n) is 4.17. The molecule has 1 aliphatic heterocycles. The van der Waals surface area contributed by atoms with Gasteiger partial charge < -0.3 is 25.0 Å². The van der Waals surface area contributed by atoms with E-state index in [4.69, 9.17) is 10.2 Å². The van der Waals surface area contributed by atoms with E-state index >= 15 is 0 Å². The molecule has 1 aromatic heterocycles. The average molecular weight is 270 g/mol. The first-order valence-corrected chi connectivity index (χ1v) is 5.63. The van der Waals surface area contributed by atoms with Gasteiger partial charge in [0.25, 0.3) is 0 Å². The van der Waals surface area contributed by atoms with E-state index in [2.05, 4.69) is 9.72 Å². The third-order valence-electron chi connectivity index (χ3n) is 3.02. The Kier molecular flexibility index (Phi) is 3.45. The van der Waals surface area contributed by atoms with E-state index in [-0.39, 0.29) is 30.1 Å². The fraction of sp³-hybridized carbons (Fsp3) is 0.455. The van der Waals surface area contributed by atoms with Crippen molar-refractivity contribution in [1.82, 2.24) is 4.98 Å². The third-order valence-corrected chi connectivity index (χ3v) is 3.02. The van der Waals surface area contributed by atoms with Crippen LogP contribution in [-0.4, -0.2) is 45.3 Å². The van der Waals surface area contributed by atoms with E-state index in [0.717, 1.165) is 4.90 Å². The highest BCUT2D eigenvalue weighted by atomic mass is 16.5. The number of aromatic nitrogens is 1. The Morgan fingerprint density at radius 2 is 2.26 bits per heavy atom. The number of nitrogens with zero attached hydrogens (tertiary/aromatic N) is 1. The summed E-state index contributed by atoms with van der Waals surface area (Å²) in [5.41, 5.74) is -0.0446. The van der Waals surface area contributed by atoms with Crippen molar-refractivity contribution in [3.05, 3.63) is 11.8 Å². The second-order valence-corrected chi connectivity index (χ2v) is 4.17. The molecule has 1 aromatic rings. The van der Waals surface area contributed by atoms with Gasteiger partial charge >= 0.3 is 5.97 Å². The van der Waals surface area contributed by atoms with Crippen LogP contribution < -0.4 is 4.90 Å². The Balaban J connectivity index is 2.37. The number of nitrogens with one attached hydrogen (secondary N) is 1. The van der Waals surface area contributed by atoms with E-state index in [0.29, 0.717) is 0 Å². The lowest BCUT2D eigenvalue weighted by atomic mass is 10.2. The Labute approximate surface area is 108 Å². The second kappa shape index (κ2) is 4.90. The minimum absolute atomic E-state index is 0.0287. The number of rotatable bonds is 3. The first-order chi connectivity index (χ1) is 8.95. The van der Waals surface area contributed by atoms with Crippen molar-refractivity contribution in [2.45, 2.75) is 25.2 Å². The molecule has 1 amide bonds. The summed E-state index contributed by atoms with van der Waals surface area (Å²) in [5, 5.41) is 27.7. The molecule has 19 heavy (non-hydrogen) atoms. The number of ether oxygens (including phenoxy) is 1. The maximum atomic E-state index is 11.8. The fourth-order valence-corrected chi connectivity index (χ4v) is 2.12. The maximum absolute atomic E-state index is 11.8. The van der Waals surface area contributed by atoms with Crippen LogP contribution in [-0.2, 0) is 14.3 Å². The normalized spacial score (nSPS) is 19.3. The molecule has 0 saturated carbocycles. The Hall–Kier alpha value is -2.06. The van der Waals surface area contributed by atoms with E-state index in [1.807, 2.05) is 0 Å². The molecule has 0 aromatic carbocycles. The molecule has 0 radical (unpaired) electrons. The van der Waals surface area contributed by atoms with E-state index < -0.39 is 24.2 Å². The lowest BCUT2D eigenvalue weighted by molar-refractivity contribution is -0.142. The molecular weight excluding hydrogens is 256 g/mol. The number of hydrogen-bond donors (Lipinski definition) is 4. The SMILES string of the molecule is COC(=O)C1CCC(=O)N1c1cc(C(O)O)[nH]c1O. The van der Waals surface area contributed by atoms with Crippen LogP contribution in [0.3, 0.4) is 0 Å². The van der Waals surface area contributed by atoms with Crippen LogP contribution in [0.4, 0.5) is 5.69 Å². The van der Waals surface area contributed by atoms with Gasteiger partial charge in [0.1, 0.15) is 11.7 Å². The molecule has 1 atom stereocenters. The van der Waals surface area contributed by atoms with E-state index in [9.17, 15) is 14.7 Å². The number of carbonyl (C=O) groups excluding carboxylic acids is 2. The molecule has 2 rings (SSSR count). The van der Waals surface area contributed by atoms with Crippen molar-refractivity contribution in [3.8, 4) is 5.88 Å². The van der Waals surface area contributed by atoms with Gasteiger partial charge in [0, 0.05) is 6.42 Å². The van der Waals surface area contributed by atoms with Gasteiger partial charge in [-0.2, -0.15) is 0 Å². The van der Waals surface area contributed by atoms with Crippen LogP contribution in [0.2, 0.25) is 0 Å². The van der Waals surface area contributed by atoms with Gasteiger partial charge in [-0.3, -0.25) is 9.69 Å². The number of methoxy groups -OCH3 is 1. The van der Waals surface area contributed by atoms with Gasteiger partial charge in [0.2, 0.25) is 11.8 Å². The minimum atomic E-state index is -1.81. The smallest absolute Gasteiger partial charge is 0.328 e. The van der Waals surface area contributed by atoms with Gasteiger partial charge in [-0.25, -0.2) is 4.79 Å². The van der Waals surface area contributed by atoms with Gasteiger partial charge in [-0.1, -0.05) is 0 Å². The summed E-state index contributed by atoms with van der Waals surface area (Å²) >= 11 is 0. The molecular formula is C11H14N2O6. The van der Waals surface area contributed by atoms with Crippen molar-refractivity contribution < 1.29 is 29.6 Å². The van der Waals surface area contributed by atoms with Crippen molar-refractivity contribution in [1.29, 1.82) is 0 Å². The van der Waals surface area contributed by atoms with Gasteiger partial charge in [-0.05, 0) is 12.5 Å². The Bertz CT molecular complexity index is 509. The Morgan fingerprint density at radius 3 is 2.79 bits per heavy atom.